The number of fused-ring (bicyclic) bond motifs is 8. The Hall–Kier alpha value is -5.48. The molecule has 0 N–H and O–H groups in total. The van der Waals surface area contributed by atoms with Crippen LogP contribution in [0.3, 0.4) is 0 Å². The second kappa shape index (κ2) is 8.01. The lowest BCUT2D eigenvalue weighted by molar-refractivity contribution is 0.670. The molecule has 186 valence electrons. The van der Waals surface area contributed by atoms with Crippen molar-refractivity contribution in [3.8, 4) is 16.8 Å². The quantitative estimate of drug-likeness (QED) is 0.232. The predicted octanol–water partition coefficient (Wildman–Crippen LogP) is 9.45. The van der Waals surface area contributed by atoms with Crippen LogP contribution in [0.2, 0.25) is 0 Å². The van der Waals surface area contributed by atoms with Crippen molar-refractivity contribution < 1.29 is 4.42 Å². The van der Waals surface area contributed by atoms with Gasteiger partial charge in [-0.2, -0.15) is 10.2 Å². The molecule has 0 aliphatic rings. The molecule has 0 unspecified atom stereocenters. The standard InChI is InChI=1S/C36H21N3O/c1-2-9-23-19-34-29(18-22(23)8-1)25-10-3-5-14-32(25)39(34)33-17-16-24(30-20-37-38-21-31(30)33)27-12-7-13-28-26-11-4-6-15-35(26)40-36(27)28/h1-21H. The first-order chi connectivity index (χ1) is 19.8. The zero-order valence-corrected chi connectivity index (χ0v) is 21.4. The minimum atomic E-state index is 0.887. The molecule has 9 rings (SSSR count). The molecule has 0 bridgehead atoms. The highest BCUT2D eigenvalue weighted by atomic mass is 16.3. The van der Waals surface area contributed by atoms with Crippen molar-refractivity contribution in [1.29, 1.82) is 0 Å². The van der Waals surface area contributed by atoms with E-state index in [1.807, 2.05) is 24.5 Å². The molecule has 4 nitrogen and oxygen atoms in total. The van der Waals surface area contributed by atoms with Crippen molar-refractivity contribution in [2.75, 3.05) is 0 Å². The van der Waals surface area contributed by atoms with Crippen molar-refractivity contribution in [1.82, 2.24) is 14.8 Å². The summed E-state index contributed by atoms with van der Waals surface area (Å²) in [5.41, 5.74) is 7.31. The van der Waals surface area contributed by atoms with Crippen molar-refractivity contribution in [3.05, 3.63) is 128 Å². The van der Waals surface area contributed by atoms with Crippen LogP contribution in [0.4, 0.5) is 0 Å². The van der Waals surface area contributed by atoms with Crippen LogP contribution in [0.5, 0.6) is 0 Å². The molecule has 3 aromatic heterocycles. The first kappa shape index (κ1) is 21.5. The number of aromatic nitrogens is 3. The van der Waals surface area contributed by atoms with Gasteiger partial charge >= 0.3 is 0 Å². The molecule has 0 aliphatic heterocycles. The summed E-state index contributed by atoms with van der Waals surface area (Å²) in [4.78, 5) is 0. The van der Waals surface area contributed by atoms with Gasteiger partial charge in [-0.15, -0.1) is 0 Å². The van der Waals surface area contributed by atoms with Gasteiger partial charge < -0.3 is 8.98 Å². The minimum Gasteiger partial charge on any atom is -0.455 e. The van der Waals surface area contributed by atoms with Gasteiger partial charge in [0.2, 0.25) is 0 Å². The van der Waals surface area contributed by atoms with E-state index < -0.39 is 0 Å². The average Bonchev–Trinajstić information content (AvgIpc) is 3.55. The number of rotatable bonds is 2. The number of benzene rings is 6. The lowest BCUT2D eigenvalue weighted by Gasteiger charge is -2.14. The van der Waals surface area contributed by atoms with Crippen LogP contribution in [0.25, 0.3) is 82.1 Å². The monoisotopic (exact) mass is 511 g/mol. The summed E-state index contributed by atoms with van der Waals surface area (Å²) in [7, 11) is 0. The molecule has 0 saturated carbocycles. The molecule has 0 aliphatic carbocycles. The van der Waals surface area contributed by atoms with Crippen LogP contribution in [0.15, 0.2) is 132 Å². The molecule has 9 aromatic rings. The Bertz CT molecular complexity index is 2450. The summed E-state index contributed by atoms with van der Waals surface area (Å²) in [6.45, 7) is 0. The van der Waals surface area contributed by atoms with Crippen LogP contribution in [0, 0.1) is 0 Å². The summed E-state index contributed by atoms with van der Waals surface area (Å²) < 4.78 is 8.77. The topological polar surface area (TPSA) is 43.9 Å². The van der Waals surface area contributed by atoms with E-state index >= 15 is 0 Å². The largest absolute Gasteiger partial charge is 0.455 e. The number of hydrogen-bond acceptors (Lipinski definition) is 3. The lowest BCUT2D eigenvalue weighted by atomic mass is 9.97. The Balaban J connectivity index is 1.37. The third-order valence-corrected chi connectivity index (χ3v) is 8.18. The van der Waals surface area contributed by atoms with Crippen molar-refractivity contribution in [2.24, 2.45) is 0 Å². The minimum absolute atomic E-state index is 0.887. The molecule has 40 heavy (non-hydrogen) atoms. The van der Waals surface area contributed by atoms with Gasteiger partial charge in [-0.25, -0.2) is 0 Å². The van der Waals surface area contributed by atoms with Crippen LogP contribution >= 0.6 is 0 Å². The van der Waals surface area contributed by atoms with Crippen molar-refractivity contribution >= 4 is 65.3 Å². The van der Waals surface area contributed by atoms with E-state index in [4.69, 9.17) is 4.42 Å². The maximum Gasteiger partial charge on any atom is 0.143 e. The van der Waals surface area contributed by atoms with Gasteiger partial charge in [0, 0.05) is 37.9 Å². The molecule has 6 aromatic carbocycles. The van der Waals surface area contributed by atoms with Gasteiger partial charge in [0.1, 0.15) is 11.2 Å². The molecular formula is C36H21N3O. The molecular weight excluding hydrogens is 490 g/mol. The van der Waals surface area contributed by atoms with Gasteiger partial charge in [0.15, 0.2) is 0 Å². The van der Waals surface area contributed by atoms with Gasteiger partial charge in [-0.1, -0.05) is 84.9 Å². The highest BCUT2D eigenvalue weighted by molar-refractivity contribution is 6.16. The molecule has 3 heterocycles. The van der Waals surface area contributed by atoms with Gasteiger partial charge in [-0.05, 0) is 46.7 Å². The van der Waals surface area contributed by atoms with Crippen LogP contribution in [-0.4, -0.2) is 14.8 Å². The zero-order chi connectivity index (χ0) is 26.2. The van der Waals surface area contributed by atoms with Gasteiger partial charge in [0.25, 0.3) is 0 Å². The molecule has 0 atom stereocenters. The van der Waals surface area contributed by atoms with Crippen LogP contribution < -0.4 is 0 Å². The Morgan fingerprint density at radius 2 is 1.20 bits per heavy atom. The second-order valence-corrected chi connectivity index (χ2v) is 10.3. The fourth-order valence-corrected chi connectivity index (χ4v) is 6.39. The Labute approximate surface area is 228 Å². The maximum absolute atomic E-state index is 6.40. The third kappa shape index (κ3) is 2.90. The SMILES string of the molecule is c1ccc2cc3c(cc2c1)c1ccccc1n3-c1ccc(-c2cccc3c2oc2ccccc23)c2cnncc12. The first-order valence-electron chi connectivity index (χ1n) is 13.4. The molecule has 0 fully saturated rings. The Morgan fingerprint density at radius 3 is 2.10 bits per heavy atom. The average molecular weight is 512 g/mol. The summed E-state index contributed by atoms with van der Waals surface area (Å²) in [6, 6.07) is 40.8. The lowest BCUT2D eigenvalue weighted by Crippen LogP contribution is -1.97. The van der Waals surface area contributed by atoms with E-state index in [9.17, 15) is 0 Å². The van der Waals surface area contributed by atoms with E-state index in [-0.39, 0.29) is 0 Å². The van der Waals surface area contributed by atoms with E-state index in [1.54, 1.807) is 0 Å². The van der Waals surface area contributed by atoms with Gasteiger partial charge in [-0.3, -0.25) is 0 Å². The number of furan rings is 1. The van der Waals surface area contributed by atoms with Crippen LogP contribution in [-0.2, 0) is 0 Å². The first-order valence-corrected chi connectivity index (χ1v) is 13.4. The summed E-state index contributed by atoms with van der Waals surface area (Å²) in [6.07, 6.45) is 3.76. The Morgan fingerprint density at radius 1 is 0.475 bits per heavy atom. The molecule has 0 radical (unpaired) electrons. The van der Waals surface area contributed by atoms with E-state index in [1.165, 1.54) is 27.1 Å². The smallest absolute Gasteiger partial charge is 0.143 e. The number of hydrogen-bond donors (Lipinski definition) is 0. The zero-order valence-electron chi connectivity index (χ0n) is 21.4. The Kier molecular flexibility index (Phi) is 4.30. The molecule has 0 amide bonds. The van der Waals surface area contributed by atoms with Crippen molar-refractivity contribution in [2.45, 2.75) is 0 Å². The predicted molar refractivity (Wildman–Crippen MR) is 164 cm³/mol. The normalized spacial score (nSPS) is 12.0. The van der Waals surface area contributed by atoms with E-state index in [0.717, 1.165) is 55.0 Å². The van der Waals surface area contributed by atoms with E-state index in [0.29, 0.717) is 0 Å². The maximum atomic E-state index is 6.40. The highest BCUT2D eigenvalue weighted by Crippen LogP contribution is 2.41. The molecule has 4 heteroatoms. The fourth-order valence-electron chi connectivity index (χ4n) is 6.39. The van der Waals surface area contributed by atoms with Crippen molar-refractivity contribution in [3.63, 3.8) is 0 Å². The summed E-state index contributed by atoms with van der Waals surface area (Å²) >= 11 is 0. The van der Waals surface area contributed by atoms with E-state index in [2.05, 4.69) is 118 Å². The summed E-state index contributed by atoms with van der Waals surface area (Å²) in [5.74, 6) is 0. The fraction of sp³-hybridized carbons (Fsp3) is 0. The summed E-state index contributed by atoms with van der Waals surface area (Å²) in [5, 5.41) is 17.9. The third-order valence-electron chi connectivity index (χ3n) is 8.18. The number of para-hydroxylation sites is 3. The molecule has 0 saturated heterocycles. The van der Waals surface area contributed by atoms with Gasteiger partial charge in [0.05, 0.1) is 29.1 Å². The number of nitrogens with zero attached hydrogens (tertiary/aromatic N) is 3. The highest BCUT2D eigenvalue weighted by Gasteiger charge is 2.19. The second-order valence-electron chi connectivity index (χ2n) is 10.3. The van der Waals surface area contributed by atoms with Crippen LogP contribution in [0.1, 0.15) is 0 Å². The molecule has 0 spiro atoms.